The summed E-state index contributed by atoms with van der Waals surface area (Å²) in [5.74, 6) is 0.802. The number of ether oxygens (including phenoxy) is 1. The number of methoxy groups -OCH3 is 1. The number of carbonyl (C=O) groups excluding carboxylic acids is 3. The number of nitrogens with zero attached hydrogens (tertiary/aromatic N) is 6. The monoisotopic (exact) mass is 689 g/mol. The van der Waals surface area contributed by atoms with Crippen LogP contribution in [0.4, 0.5) is 4.79 Å². The van der Waals surface area contributed by atoms with E-state index in [2.05, 4.69) is 79.2 Å². The van der Waals surface area contributed by atoms with Crippen LogP contribution in [-0.2, 0) is 20.7 Å². The van der Waals surface area contributed by atoms with Crippen molar-refractivity contribution in [1.82, 2.24) is 40.5 Å². The van der Waals surface area contributed by atoms with Crippen LogP contribution in [0.2, 0.25) is 0 Å². The number of aromatic amines is 2. The van der Waals surface area contributed by atoms with E-state index < -0.39 is 12.1 Å². The second-order valence-electron chi connectivity index (χ2n) is 13.7. The molecule has 4 aromatic rings. The topological polar surface area (TPSA) is 162 Å². The zero-order valence-corrected chi connectivity index (χ0v) is 29.1. The lowest BCUT2D eigenvalue weighted by atomic mass is 9.96. The molecule has 0 unspecified atom stereocenters. The van der Waals surface area contributed by atoms with Crippen molar-refractivity contribution in [3.05, 3.63) is 84.2 Å². The molecule has 13 heteroatoms. The Bertz CT molecular complexity index is 1930. The van der Waals surface area contributed by atoms with Crippen molar-refractivity contribution in [2.24, 2.45) is 10.9 Å². The maximum Gasteiger partial charge on any atom is 0.407 e. The Balaban J connectivity index is 0.975. The highest BCUT2D eigenvalue weighted by molar-refractivity contribution is 6.03. The zero-order valence-electron chi connectivity index (χ0n) is 29.1. The third-order valence-corrected chi connectivity index (χ3v) is 10.1. The van der Waals surface area contributed by atoms with Gasteiger partial charge < -0.3 is 24.8 Å². The van der Waals surface area contributed by atoms with Crippen LogP contribution >= 0.6 is 0 Å². The van der Waals surface area contributed by atoms with E-state index in [1.54, 1.807) is 0 Å². The molecule has 2 aromatic carbocycles. The SMILES string of the molecule is COC(=O)N[C@@H](Cc1cn[nH]n1)C(=O)N1CCC[C@H]1C1=NC=C(c2ccc(-c3ccc(-c4cnc([C@@H]5CCCN5C(=O)C(C)C)[nH]4)cc3)cc2)C1. The number of aromatic nitrogens is 5. The number of H-pyrrole nitrogens is 2. The maximum atomic E-state index is 13.7. The van der Waals surface area contributed by atoms with Crippen LogP contribution in [-0.4, -0.2) is 91.1 Å². The largest absolute Gasteiger partial charge is 0.453 e. The average Bonchev–Trinajstić information content (AvgIpc) is 4.00. The van der Waals surface area contributed by atoms with Gasteiger partial charge in [0.1, 0.15) is 11.9 Å². The Morgan fingerprint density at radius 3 is 2.18 bits per heavy atom. The molecule has 3 aliphatic heterocycles. The minimum atomic E-state index is -0.833. The Morgan fingerprint density at radius 2 is 1.53 bits per heavy atom. The lowest BCUT2D eigenvalue weighted by molar-refractivity contribution is -0.135. The normalized spacial score (nSPS) is 19.3. The summed E-state index contributed by atoms with van der Waals surface area (Å²) in [6.45, 7) is 5.26. The number of amides is 3. The number of allylic oxidation sites excluding steroid dienone is 1. The molecule has 0 spiro atoms. The lowest BCUT2D eigenvalue weighted by Gasteiger charge is -2.29. The minimum absolute atomic E-state index is 0.000987. The van der Waals surface area contributed by atoms with Crippen molar-refractivity contribution in [2.45, 2.75) is 70.5 Å². The first kappa shape index (κ1) is 33.9. The van der Waals surface area contributed by atoms with Crippen LogP contribution in [0.3, 0.4) is 0 Å². The van der Waals surface area contributed by atoms with Crippen LogP contribution in [0.25, 0.3) is 28.0 Å². The van der Waals surface area contributed by atoms with Gasteiger partial charge in [-0.15, -0.1) is 0 Å². The van der Waals surface area contributed by atoms with Crippen molar-refractivity contribution in [3.8, 4) is 22.4 Å². The standard InChI is InChI=1S/C38H43N9O4/c1-23(2)36(48)47-17-5-7-34(47)35-40-22-32(42-35)27-14-12-25(13-15-27)24-8-10-26(11-9-24)28-18-30(39-20-28)33-6-4-16-46(33)37(49)31(43-38(50)51-3)19-29-21-41-45-44-29/h8-15,20-23,31,33-34H,4-7,16-19H2,1-3H3,(H,40,42)(H,43,50)(H,41,44,45)/t31-,33-,34-/m0/s1. The molecule has 7 rings (SSSR count). The predicted octanol–water partition coefficient (Wildman–Crippen LogP) is 5.33. The van der Waals surface area contributed by atoms with E-state index in [9.17, 15) is 14.4 Å². The number of aliphatic imine (C=N–C) groups is 1. The van der Waals surface area contributed by atoms with Gasteiger partial charge in [0.2, 0.25) is 11.8 Å². The molecule has 2 fully saturated rings. The molecule has 264 valence electrons. The fourth-order valence-corrected chi connectivity index (χ4v) is 7.36. The number of likely N-dealkylation sites (tertiary alicyclic amines) is 2. The Hall–Kier alpha value is -5.59. The molecule has 3 aliphatic rings. The summed E-state index contributed by atoms with van der Waals surface area (Å²) in [6, 6.07) is 15.9. The summed E-state index contributed by atoms with van der Waals surface area (Å²) in [5, 5.41) is 13.1. The van der Waals surface area contributed by atoms with Crippen molar-refractivity contribution < 1.29 is 19.1 Å². The highest BCUT2D eigenvalue weighted by atomic mass is 16.5. The maximum absolute atomic E-state index is 13.7. The first-order valence-electron chi connectivity index (χ1n) is 17.6. The van der Waals surface area contributed by atoms with Gasteiger partial charge in [-0.2, -0.15) is 15.4 Å². The van der Waals surface area contributed by atoms with E-state index in [1.807, 2.05) is 36.0 Å². The summed E-state index contributed by atoms with van der Waals surface area (Å²) >= 11 is 0. The third kappa shape index (κ3) is 7.19. The number of alkyl carbamates (subject to hydrolysis) is 1. The number of imidazole rings is 1. The van der Waals surface area contributed by atoms with Crippen molar-refractivity contribution >= 4 is 29.2 Å². The predicted molar refractivity (Wildman–Crippen MR) is 192 cm³/mol. The van der Waals surface area contributed by atoms with Crippen molar-refractivity contribution in [2.75, 3.05) is 20.2 Å². The molecule has 5 heterocycles. The number of hydrogen-bond donors (Lipinski definition) is 3. The fourth-order valence-electron chi connectivity index (χ4n) is 7.36. The molecule has 2 saturated heterocycles. The molecule has 3 amide bonds. The Kier molecular flexibility index (Phi) is 9.78. The summed E-state index contributed by atoms with van der Waals surface area (Å²) < 4.78 is 4.78. The summed E-state index contributed by atoms with van der Waals surface area (Å²) in [5.41, 5.74) is 7.89. The van der Waals surface area contributed by atoms with Gasteiger partial charge in [0.05, 0.1) is 43.0 Å². The second-order valence-corrected chi connectivity index (χ2v) is 13.7. The van der Waals surface area contributed by atoms with E-state index in [4.69, 9.17) is 9.73 Å². The Morgan fingerprint density at radius 1 is 0.882 bits per heavy atom. The quantitative estimate of drug-likeness (QED) is 0.203. The first-order chi connectivity index (χ1) is 24.8. The van der Waals surface area contributed by atoms with E-state index in [0.29, 0.717) is 18.7 Å². The van der Waals surface area contributed by atoms with Crippen LogP contribution < -0.4 is 5.32 Å². The fraction of sp³-hybridized carbons (Fsp3) is 0.395. The summed E-state index contributed by atoms with van der Waals surface area (Å²) in [6.07, 6.45) is 9.06. The van der Waals surface area contributed by atoms with Crippen LogP contribution in [0.5, 0.6) is 0 Å². The van der Waals surface area contributed by atoms with Gasteiger partial charge in [0.25, 0.3) is 0 Å². The third-order valence-electron chi connectivity index (χ3n) is 10.1. The number of nitrogens with one attached hydrogen (secondary N) is 3. The molecular formula is C38H43N9O4. The van der Waals surface area contributed by atoms with Gasteiger partial charge in [0, 0.05) is 43.8 Å². The lowest BCUT2D eigenvalue weighted by Crippen LogP contribution is -2.52. The van der Waals surface area contributed by atoms with E-state index in [-0.39, 0.29) is 36.2 Å². The first-order valence-corrected chi connectivity index (χ1v) is 17.6. The molecule has 51 heavy (non-hydrogen) atoms. The number of benzene rings is 2. The molecule has 3 atom stereocenters. The molecule has 13 nitrogen and oxygen atoms in total. The van der Waals surface area contributed by atoms with E-state index in [1.165, 1.54) is 13.3 Å². The number of hydrogen-bond acceptors (Lipinski definition) is 8. The highest BCUT2D eigenvalue weighted by Gasteiger charge is 2.38. The van der Waals surface area contributed by atoms with Gasteiger partial charge >= 0.3 is 6.09 Å². The van der Waals surface area contributed by atoms with Gasteiger partial charge in [-0.1, -0.05) is 62.4 Å². The van der Waals surface area contributed by atoms with Gasteiger partial charge in [-0.3, -0.25) is 14.6 Å². The minimum Gasteiger partial charge on any atom is -0.453 e. The van der Waals surface area contributed by atoms with Gasteiger partial charge in [-0.05, 0) is 53.5 Å². The average molecular weight is 690 g/mol. The summed E-state index contributed by atoms with van der Waals surface area (Å²) in [7, 11) is 1.27. The molecule has 0 radical (unpaired) electrons. The molecular weight excluding hydrogens is 646 g/mol. The van der Waals surface area contributed by atoms with Gasteiger partial charge in [-0.25, -0.2) is 9.78 Å². The smallest absolute Gasteiger partial charge is 0.407 e. The molecule has 0 aliphatic carbocycles. The van der Waals surface area contributed by atoms with Crippen LogP contribution in [0.15, 0.2) is 72.1 Å². The molecule has 0 saturated carbocycles. The highest BCUT2D eigenvalue weighted by Crippen LogP contribution is 2.34. The molecule has 2 aromatic heterocycles. The van der Waals surface area contributed by atoms with E-state index >= 15 is 0 Å². The zero-order chi connectivity index (χ0) is 35.5. The van der Waals surface area contributed by atoms with E-state index in [0.717, 1.165) is 77.3 Å². The molecule has 0 bridgehead atoms. The van der Waals surface area contributed by atoms with Crippen LogP contribution in [0, 0.1) is 5.92 Å². The number of rotatable bonds is 10. The summed E-state index contributed by atoms with van der Waals surface area (Å²) in [4.78, 5) is 55.2. The number of carbonyl (C=O) groups is 3. The van der Waals surface area contributed by atoms with Crippen LogP contribution in [0.1, 0.15) is 69.1 Å². The van der Waals surface area contributed by atoms with Gasteiger partial charge in [0.15, 0.2) is 0 Å². The second kappa shape index (κ2) is 14.7. The molecule has 3 N–H and O–H groups in total. The van der Waals surface area contributed by atoms with Crippen molar-refractivity contribution in [3.63, 3.8) is 0 Å². The Labute approximate surface area is 296 Å². The van der Waals surface area contributed by atoms with Crippen molar-refractivity contribution in [1.29, 1.82) is 0 Å².